The normalized spacial score (nSPS) is 28.8. The van der Waals surface area contributed by atoms with Gasteiger partial charge in [-0.1, -0.05) is 0 Å². The molecule has 0 aromatic rings. The maximum absolute atomic E-state index is 8.87. The number of hydrogen-bond donors (Lipinski definition) is 2. The van der Waals surface area contributed by atoms with Crippen LogP contribution < -0.4 is 5.32 Å². The average molecular weight is 145 g/mol. The average Bonchev–Trinajstić information content (AvgIpc) is 2.34. The summed E-state index contributed by atoms with van der Waals surface area (Å²) in [4.78, 5) is 0. The molecule has 1 heterocycles. The van der Waals surface area contributed by atoms with Crippen LogP contribution in [0.2, 0.25) is 0 Å². The SMILES string of the molecule is CC(O)COC1CCNC1. The summed E-state index contributed by atoms with van der Waals surface area (Å²) in [5, 5.41) is 12.1. The van der Waals surface area contributed by atoms with Crippen molar-refractivity contribution in [1.29, 1.82) is 0 Å². The lowest BCUT2D eigenvalue weighted by Crippen LogP contribution is -2.21. The van der Waals surface area contributed by atoms with E-state index in [2.05, 4.69) is 5.32 Å². The molecule has 1 saturated heterocycles. The second-order valence-corrected chi connectivity index (χ2v) is 2.80. The molecule has 1 aliphatic rings. The third-order valence-corrected chi connectivity index (χ3v) is 1.59. The van der Waals surface area contributed by atoms with Gasteiger partial charge in [0.1, 0.15) is 0 Å². The number of rotatable bonds is 3. The molecule has 2 atom stereocenters. The second kappa shape index (κ2) is 3.91. The summed E-state index contributed by atoms with van der Waals surface area (Å²) in [5.41, 5.74) is 0. The van der Waals surface area contributed by atoms with Gasteiger partial charge in [-0.15, -0.1) is 0 Å². The quantitative estimate of drug-likeness (QED) is 0.575. The van der Waals surface area contributed by atoms with Crippen molar-refractivity contribution >= 4 is 0 Å². The van der Waals surface area contributed by atoms with E-state index in [1.807, 2.05) is 0 Å². The molecule has 3 heteroatoms. The molecule has 2 unspecified atom stereocenters. The van der Waals surface area contributed by atoms with Gasteiger partial charge in [0.2, 0.25) is 0 Å². The summed E-state index contributed by atoms with van der Waals surface area (Å²) in [6.45, 7) is 4.19. The lowest BCUT2D eigenvalue weighted by Gasteiger charge is -2.11. The summed E-state index contributed by atoms with van der Waals surface area (Å²) < 4.78 is 5.35. The predicted molar refractivity (Wildman–Crippen MR) is 38.9 cm³/mol. The Morgan fingerprint density at radius 2 is 2.60 bits per heavy atom. The summed E-state index contributed by atoms with van der Waals surface area (Å²) in [6, 6.07) is 0. The van der Waals surface area contributed by atoms with Crippen LogP contribution in [0.15, 0.2) is 0 Å². The topological polar surface area (TPSA) is 41.5 Å². The van der Waals surface area contributed by atoms with Gasteiger partial charge in [0, 0.05) is 6.54 Å². The molecule has 0 aliphatic carbocycles. The fraction of sp³-hybridized carbons (Fsp3) is 1.00. The first-order chi connectivity index (χ1) is 4.79. The molecule has 1 rings (SSSR count). The fourth-order valence-electron chi connectivity index (χ4n) is 1.05. The van der Waals surface area contributed by atoms with E-state index in [1.165, 1.54) is 0 Å². The molecular formula is C7H15NO2. The van der Waals surface area contributed by atoms with Crippen molar-refractivity contribution in [2.45, 2.75) is 25.6 Å². The summed E-state index contributed by atoms with van der Waals surface area (Å²) >= 11 is 0. The molecule has 0 aromatic heterocycles. The Kier molecular flexibility index (Phi) is 3.12. The molecule has 0 radical (unpaired) electrons. The minimum absolute atomic E-state index is 0.328. The molecule has 0 amide bonds. The van der Waals surface area contributed by atoms with Crippen LogP contribution in [0.3, 0.4) is 0 Å². The molecule has 0 aromatic carbocycles. The summed E-state index contributed by atoms with van der Waals surface area (Å²) in [5.74, 6) is 0. The van der Waals surface area contributed by atoms with Crippen LogP contribution in [0.1, 0.15) is 13.3 Å². The minimum atomic E-state index is -0.333. The molecule has 60 valence electrons. The first-order valence-corrected chi connectivity index (χ1v) is 3.79. The summed E-state index contributed by atoms with van der Waals surface area (Å²) in [6.07, 6.45) is 1.07. The number of aliphatic hydroxyl groups excluding tert-OH is 1. The Balaban J connectivity index is 2.01. The van der Waals surface area contributed by atoms with E-state index in [4.69, 9.17) is 9.84 Å². The molecule has 2 N–H and O–H groups in total. The molecule has 0 bridgehead atoms. The highest BCUT2D eigenvalue weighted by Gasteiger charge is 2.14. The molecule has 10 heavy (non-hydrogen) atoms. The molecule has 0 saturated carbocycles. The number of hydrogen-bond acceptors (Lipinski definition) is 3. The van der Waals surface area contributed by atoms with Gasteiger partial charge in [0.15, 0.2) is 0 Å². The van der Waals surface area contributed by atoms with Crippen molar-refractivity contribution in [1.82, 2.24) is 5.32 Å². The lowest BCUT2D eigenvalue weighted by atomic mass is 10.3. The van der Waals surface area contributed by atoms with Gasteiger partial charge in [0.25, 0.3) is 0 Å². The van der Waals surface area contributed by atoms with Gasteiger partial charge < -0.3 is 15.2 Å². The van der Waals surface area contributed by atoms with Crippen molar-refractivity contribution in [3.05, 3.63) is 0 Å². The van der Waals surface area contributed by atoms with E-state index in [1.54, 1.807) is 6.92 Å². The molecule has 0 spiro atoms. The maximum Gasteiger partial charge on any atom is 0.0745 e. The zero-order valence-corrected chi connectivity index (χ0v) is 6.34. The standard InChI is InChI=1S/C7H15NO2/c1-6(9)5-10-7-2-3-8-4-7/h6-9H,2-5H2,1H3. The fourth-order valence-corrected chi connectivity index (χ4v) is 1.05. The molecule has 1 aliphatic heterocycles. The van der Waals surface area contributed by atoms with E-state index in [-0.39, 0.29) is 6.10 Å². The number of aliphatic hydroxyl groups is 1. The maximum atomic E-state index is 8.87. The Morgan fingerprint density at radius 1 is 1.80 bits per heavy atom. The first-order valence-electron chi connectivity index (χ1n) is 3.79. The second-order valence-electron chi connectivity index (χ2n) is 2.80. The molecule has 1 fully saturated rings. The van der Waals surface area contributed by atoms with E-state index in [9.17, 15) is 0 Å². The van der Waals surface area contributed by atoms with Gasteiger partial charge >= 0.3 is 0 Å². The smallest absolute Gasteiger partial charge is 0.0745 e. The van der Waals surface area contributed by atoms with Gasteiger partial charge in [0.05, 0.1) is 18.8 Å². The van der Waals surface area contributed by atoms with Gasteiger partial charge in [-0.25, -0.2) is 0 Å². The summed E-state index contributed by atoms with van der Waals surface area (Å²) in [7, 11) is 0. The highest BCUT2D eigenvalue weighted by molar-refractivity contribution is 4.70. The van der Waals surface area contributed by atoms with E-state index >= 15 is 0 Å². The van der Waals surface area contributed by atoms with Crippen molar-refractivity contribution < 1.29 is 9.84 Å². The van der Waals surface area contributed by atoms with Crippen molar-refractivity contribution in [3.8, 4) is 0 Å². The largest absolute Gasteiger partial charge is 0.391 e. The van der Waals surface area contributed by atoms with Crippen LogP contribution in [-0.2, 0) is 4.74 Å². The van der Waals surface area contributed by atoms with Gasteiger partial charge in [-0.05, 0) is 19.9 Å². The third kappa shape index (κ3) is 2.64. The number of ether oxygens (including phenoxy) is 1. The van der Waals surface area contributed by atoms with E-state index in [0.717, 1.165) is 19.5 Å². The van der Waals surface area contributed by atoms with Crippen molar-refractivity contribution in [2.24, 2.45) is 0 Å². The highest BCUT2D eigenvalue weighted by Crippen LogP contribution is 2.02. The number of nitrogens with one attached hydrogen (secondary N) is 1. The van der Waals surface area contributed by atoms with Crippen molar-refractivity contribution in [2.75, 3.05) is 19.7 Å². The Hall–Kier alpha value is -0.120. The van der Waals surface area contributed by atoms with Gasteiger partial charge in [-0.2, -0.15) is 0 Å². The van der Waals surface area contributed by atoms with Crippen LogP contribution in [0.5, 0.6) is 0 Å². The van der Waals surface area contributed by atoms with Crippen LogP contribution in [0, 0.1) is 0 Å². The van der Waals surface area contributed by atoms with Gasteiger partial charge in [-0.3, -0.25) is 0 Å². The first kappa shape index (κ1) is 7.98. The van der Waals surface area contributed by atoms with Crippen LogP contribution in [0.4, 0.5) is 0 Å². The Bertz CT molecular complexity index is 89.6. The third-order valence-electron chi connectivity index (χ3n) is 1.59. The zero-order chi connectivity index (χ0) is 7.40. The van der Waals surface area contributed by atoms with E-state index in [0.29, 0.717) is 12.7 Å². The highest BCUT2D eigenvalue weighted by atomic mass is 16.5. The zero-order valence-electron chi connectivity index (χ0n) is 6.34. The van der Waals surface area contributed by atoms with Crippen molar-refractivity contribution in [3.63, 3.8) is 0 Å². The molecular weight excluding hydrogens is 130 g/mol. The van der Waals surface area contributed by atoms with Crippen LogP contribution in [0.25, 0.3) is 0 Å². The Morgan fingerprint density at radius 3 is 3.10 bits per heavy atom. The van der Waals surface area contributed by atoms with E-state index < -0.39 is 0 Å². The monoisotopic (exact) mass is 145 g/mol. The minimum Gasteiger partial charge on any atom is -0.391 e. The lowest BCUT2D eigenvalue weighted by molar-refractivity contribution is 0.00635. The Labute approximate surface area is 61.4 Å². The van der Waals surface area contributed by atoms with Crippen LogP contribution in [-0.4, -0.2) is 37.0 Å². The van der Waals surface area contributed by atoms with Crippen LogP contribution >= 0.6 is 0 Å². The predicted octanol–water partition coefficient (Wildman–Crippen LogP) is -0.254. The molecule has 3 nitrogen and oxygen atoms in total.